The Morgan fingerprint density at radius 1 is 1.56 bits per heavy atom. The van der Waals surface area contributed by atoms with Crippen molar-refractivity contribution in [3.8, 4) is 6.57 Å². The van der Waals surface area contributed by atoms with Crippen LogP contribution in [-0.2, 0) is 4.79 Å². The van der Waals surface area contributed by atoms with Crippen molar-refractivity contribution < 1.29 is 35.8 Å². The average Bonchev–Trinajstić information content (AvgIpc) is 2.52. The fraction of sp³-hybridized carbons (Fsp3) is 0.600. The molecule has 0 atom stereocenters. The number of rotatable bonds is 1. The van der Waals surface area contributed by atoms with E-state index in [4.69, 9.17) is 5.26 Å². The summed E-state index contributed by atoms with van der Waals surface area (Å²) in [4.78, 5) is 9.57. The van der Waals surface area contributed by atoms with Gasteiger partial charge in [-0.1, -0.05) is 0 Å². The molecule has 43 valence electrons. The van der Waals surface area contributed by atoms with E-state index in [1.54, 1.807) is 0 Å². The van der Waals surface area contributed by atoms with Gasteiger partial charge in [0.05, 0.1) is 0 Å². The molecule has 0 heterocycles. The maximum atomic E-state index is 9.57. The number of nitriles is 1. The van der Waals surface area contributed by atoms with Crippen LogP contribution in [0.15, 0.2) is 0 Å². The van der Waals surface area contributed by atoms with Gasteiger partial charge in [0.2, 0.25) is 0 Å². The fourth-order valence-corrected chi connectivity index (χ4v) is 0.232. The molecule has 0 unspecified atom stereocenters. The minimum atomic E-state index is 0. The van der Waals surface area contributed by atoms with Gasteiger partial charge in [-0.3, -0.25) is 0 Å². The Balaban J connectivity index is -0.0000000337. The zero-order chi connectivity index (χ0) is 5.70. The molecule has 0 bridgehead atoms. The maximum absolute atomic E-state index is 9.57. The Bertz CT molecular complexity index is 87.0. The minimum Gasteiger partial charge on any atom is -1.00 e. The van der Waals surface area contributed by atoms with Crippen molar-refractivity contribution in [3.63, 3.8) is 0 Å². The van der Waals surface area contributed by atoms with Crippen LogP contribution in [0.5, 0.6) is 0 Å². The monoisotopic (exact) mass is 132 g/mol. The van der Waals surface area contributed by atoms with E-state index in [0.717, 1.165) is 19.1 Å². The molecule has 0 amide bonds. The largest absolute Gasteiger partial charge is 1.00 e. The van der Waals surface area contributed by atoms with Crippen LogP contribution in [-0.4, -0.2) is 14.7 Å². The minimum absolute atomic E-state index is 0. The molecule has 1 saturated carbocycles. The number of carbonyl (C=O) groups excluding carboxylic acids is 1. The van der Waals surface area contributed by atoms with Crippen molar-refractivity contribution in [1.82, 2.24) is 0 Å². The number of aldehydes is 1. The Hall–Kier alpha value is 0.225. The number of hydrogen-bond donors (Lipinski definition) is 0. The molecule has 1 rings (SSSR count). The second-order valence-corrected chi connectivity index (χ2v) is 1.47. The first-order valence-electron chi connectivity index (χ1n) is 2.14. The van der Waals surface area contributed by atoms with Crippen molar-refractivity contribution in [2.75, 3.05) is 0 Å². The van der Waals surface area contributed by atoms with Gasteiger partial charge in [-0.05, 0) is 12.8 Å². The van der Waals surface area contributed by atoms with Crippen molar-refractivity contribution in [2.24, 2.45) is 5.92 Å². The summed E-state index contributed by atoms with van der Waals surface area (Å²) in [5, 5.41) is 6.50. The Morgan fingerprint density at radius 3 is 1.89 bits per heavy atom. The predicted octanol–water partition coefficient (Wildman–Crippen LogP) is -2.53. The maximum Gasteiger partial charge on any atom is 1.00 e. The zero-order valence-corrected chi connectivity index (χ0v) is 7.58. The molecule has 1 aliphatic rings. The van der Waals surface area contributed by atoms with E-state index in [-0.39, 0.29) is 39.4 Å². The molecule has 0 aromatic carbocycles. The first-order chi connectivity index (χ1) is 3.43. The number of hydrogen-bond acceptors (Lipinski definition) is 2. The van der Waals surface area contributed by atoms with Crippen LogP contribution in [0.4, 0.5) is 0 Å². The topological polar surface area (TPSA) is 40.9 Å². The van der Waals surface area contributed by atoms with Crippen LogP contribution in [0, 0.1) is 17.8 Å². The van der Waals surface area contributed by atoms with Gasteiger partial charge < -0.3 is 6.22 Å². The van der Waals surface area contributed by atoms with E-state index in [1.165, 1.54) is 0 Å². The summed E-state index contributed by atoms with van der Waals surface area (Å²) < 4.78 is 0. The zero-order valence-electron chi connectivity index (χ0n) is 6.58. The van der Waals surface area contributed by atoms with Crippen LogP contribution in [0.2, 0.25) is 0 Å². The van der Waals surface area contributed by atoms with E-state index in [2.05, 4.69) is 6.57 Å². The predicted molar refractivity (Wildman–Crippen MR) is 32.3 cm³/mol. The SMILES string of the molecule is C#N.O=CC1CC1.[B].[H-].[Na+]. The average molecular weight is 132 g/mol. The Labute approximate surface area is 81.0 Å². The molecule has 0 saturated heterocycles. The van der Waals surface area contributed by atoms with Crippen LogP contribution in [0.25, 0.3) is 0 Å². The third-order valence-corrected chi connectivity index (χ3v) is 0.814. The number of carbonyl (C=O) groups is 1. The van der Waals surface area contributed by atoms with E-state index in [0.29, 0.717) is 5.92 Å². The summed E-state index contributed by atoms with van der Waals surface area (Å²) in [5.41, 5.74) is 0. The first kappa shape index (κ1) is 16.1. The second kappa shape index (κ2) is 11.1. The molecular weight excluding hydrogens is 124 g/mol. The standard InChI is InChI=1S/C4H6O.CHN.B.Na.H/c5-3-4-1-2-4;1-2;;;/h3-4H,1-2H2;1H;;;/q;;;+1;-1. The van der Waals surface area contributed by atoms with Crippen LogP contribution >= 0.6 is 0 Å². The molecule has 9 heavy (non-hydrogen) atoms. The summed E-state index contributed by atoms with van der Waals surface area (Å²) in [6.45, 7) is 3.50. The molecule has 0 aromatic heterocycles. The van der Waals surface area contributed by atoms with Gasteiger partial charge in [0.1, 0.15) is 6.29 Å². The summed E-state index contributed by atoms with van der Waals surface area (Å²) in [6.07, 6.45) is 3.31. The van der Waals surface area contributed by atoms with E-state index < -0.39 is 0 Å². The third kappa shape index (κ3) is 11.7. The van der Waals surface area contributed by atoms with Gasteiger partial charge in [0.15, 0.2) is 0 Å². The molecule has 0 aromatic rings. The molecule has 2 nitrogen and oxygen atoms in total. The molecular formula is C5H8BNNaO. The molecule has 4 heteroatoms. The van der Waals surface area contributed by atoms with E-state index >= 15 is 0 Å². The quantitative estimate of drug-likeness (QED) is 0.291. The van der Waals surface area contributed by atoms with Gasteiger partial charge in [0.25, 0.3) is 0 Å². The van der Waals surface area contributed by atoms with Crippen molar-refractivity contribution in [1.29, 1.82) is 5.26 Å². The van der Waals surface area contributed by atoms with E-state index in [9.17, 15) is 4.79 Å². The molecule has 1 fully saturated rings. The summed E-state index contributed by atoms with van der Waals surface area (Å²) >= 11 is 0. The van der Waals surface area contributed by atoms with Gasteiger partial charge in [0, 0.05) is 20.9 Å². The third-order valence-electron chi connectivity index (χ3n) is 0.814. The van der Waals surface area contributed by atoms with Gasteiger partial charge in [-0.25, -0.2) is 5.26 Å². The molecule has 1 aliphatic carbocycles. The number of nitrogens with zero attached hydrogens (tertiary/aromatic N) is 1. The van der Waals surface area contributed by atoms with Crippen molar-refractivity contribution in [2.45, 2.75) is 12.8 Å². The normalized spacial score (nSPS) is 12.7. The first-order valence-corrected chi connectivity index (χ1v) is 2.14. The summed E-state index contributed by atoms with van der Waals surface area (Å²) in [5.74, 6) is 0.454. The van der Waals surface area contributed by atoms with Crippen LogP contribution < -0.4 is 29.6 Å². The van der Waals surface area contributed by atoms with Crippen molar-refractivity contribution in [3.05, 3.63) is 0 Å². The second-order valence-electron chi connectivity index (χ2n) is 1.47. The summed E-state index contributed by atoms with van der Waals surface area (Å²) in [7, 11) is 0. The smallest absolute Gasteiger partial charge is 1.00 e. The fourth-order valence-electron chi connectivity index (χ4n) is 0.232. The Morgan fingerprint density at radius 2 is 1.89 bits per heavy atom. The van der Waals surface area contributed by atoms with E-state index in [1.807, 2.05) is 0 Å². The van der Waals surface area contributed by atoms with Crippen LogP contribution in [0.1, 0.15) is 14.3 Å². The van der Waals surface area contributed by atoms with Crippen molar-refractivity contribution >= 4 is 14.7 Å². The molecule has 0 N–H and O–H groups in total. The van der Waals surface area contributed by atoms with Gasteiger partial charge in [-0.15, -0.1) is 0 Å². The van der Waals surface area contributed by atoms with Crippen LogP contribution in [0.3, 0.4) is 0 Å². The molecule has 3 radical (unpaired) electrons. The molecule has 0 aliphatic heterocycles. The van der Waals surface area contributed by atoms with Gasteiger partial charge in [-0.2, -0.15) is 0 Å². The summed E-state index contributed by atoms with van der Waals surface area (Å²) in [6, 6.07) is 0. The Kier molecular flexibility index (Phi) is 19.8. The molecule has 0 spiro atoms. The van der Waals surface area contributed by atoms with Gasteiger partial charge >= 0.3 is 29.6 Å².